The SMILES string of the molecule is Cn1nc(CC2CCN(C[C@H]3CCOC3)CC2)n(-c2ccccc2)c1=O. The summed E-state index contributed by atoms with van der Waals surface area (Å²) in [7, 11) is 1.73. The van der Waals surface area contributed by atoms with E-state index in [-0.39, 0.29) is 5.69 Å². The molecule has 0 radical (unpaired) electrons. The molecule has 2 aliphatic heterocycles. The molecule has 0 saturated carbocycles. The van der Waals surface area contributed by atoms with E-state index in [9.17, 15) is 4.79 Å². The van der Waals surface area contributed by atoms with Crippen LogP contribution in [0.4, 0.5) is 0 Å². The van der Waals surface area contributed by atoms with Crippen molar-refractivity contribution < 1.29 is 4.74 Å². The van der Waals surface area contributed by atoms with E-state index in [1.807, 2.05) is 30.3 Å². The third-order valence-corrected chi connectivity index (χ3v) is 5.72. The molecule has 0 amide bonds. The summed E-state index contributed by atoms with van der Waals surface area (Å²) in [6, 6.07) is 9.83. The Hall–Kier alpha value is -1.92. The number of hydrogen-bond donors (Lipinski definition) is 0. The van der Waals surface area contributed by atoms with E-state index in [2.05, 4.69) is 10.00 Å². The summed E-state index contributed by atoms with van der Waals surface area (Å²) in [5, 5.41) is 4.52. The third-order valence-electron chi connectivity index (χ3n) is 5.72. The lowest BCUT2D eigenvalue weighted by Crippen LogP contribution is -2.38. The van der Waals surface area contributed by atoms with Crippen LogP contribution in [-0.4, -0.2) is 52.1 Å². The van der Waals surface area contributed by atoms with Gasteiger partial charge >= 0.3 is 5.69 Å². The Kier molecular flexibility index (Phi) is 5.22. The second-order valence-corrected chi connectivity index (χ2v) is 7.67. The van der Waals surface area contributed by atoms with Crippen LogP contribution in [0.5, 0.6) is 0 Å². The van der Waals surface area contributed by atoms with E-state index >= 15 is 0 Å². The summed E-state index contributed by atoms with van der Waals surface area (Å²) in [6.45, 7) is 5.31. The van der Waals surface area contributed by atoms with Gasteiger partial charge in [-0.05, 0) is 56.3 Å². The fourth-order valence-electron chi connectivity index (χ4n) is 4.21. The summed E-state index contributed by atoms with van der Waals surface area (Å²) < 4.78 is 8.72. The van der Waals surface area contributed by atoms with Crippen LogP contribution >= 0.6 is 0 Å². The number of benzene rings is 1. The summed E-state index contributed by atoms with van der Waals surface area (Å²) in [4.78, 5) is 15.1. The van der Waals surface area contributed by atoms with Crippen molar-refractivity contribution in [2.45, 2.75) is 25.7 Å². The first-order chi connectivity index (χ1) is 12.7. The number of para-hydroxylation sites is 1. The van der Waals surface area contributed by atoms with E-state index in [1.54, 1.807) is 11.6 Å². The smallest absolute Gasteiger partial charge is 0.350 e. The molecule has 6 heteroatoms. The van der Waals surface area contributed by atoms with E-state index in [4.69, 9.17) is 4.74 Å². The number of piperidine rings is 1. The van der Waals surface area contributed by atoms with Crippen molar-refractivity contribution in [2.75, 3.05) is 32.8 Å². The molecule has 1 atom stereocenters. The summed E-state index contributed by atoms with van der Waals surface area (Å²) in [5.74, 6) is 2.19. The van der Waals surface area contributed by atoms with E-state index in [0.717, 1.165) is 44.2 Å². The molecule has 1 aromatic heterocycles. The van der Waals surface area contributed by atoms with Gasteiger partial charge in [-0.3, -0.25) is 0 Å². The molecule has 3 heterocycles. The molecule has 4 rings (SSSR count). The molecular weight excluding hydrogens is 328 g/mol. The zero-order chi connectivity index (χ0) is 17.9. The predicted octanol–water partition coefficient (Wildman–Crippen LogP) is 1.86. The van der Waals surface area contributed by atoms with Crippen molar-refractivity contribution in [1.82, 2.24) is 19.2 Å². The van der Waals surface area contributed by atoms with Gasteiger partial charge in [-0.2, -0.15) is 5.10 Å². The van der Waals surface area contributed by atoms with Crippen LogP contribution in [0.1, 0.15) is 25.1 Å². The zero-order valence-electron chi connectivity index (χ0n) is 15.5. The van der Waals surface area contributed by atoms with E-state index in [1.165, 1.54) is 30.5 Å². The van der Waals surface area contributed by atoms with Gasteiger partial charge in [-0.25, -0.2) is 14.0 Å². The Labute approximate surface area is 154 Å². The van der Waals surface area contributed by atoms with Crippen molar-refractivity contribution in [3.8, 4) is 5.69 Å². The molecule has 0 bridgehead atoms. The normalized spacial score (nSPS) is 22.1. The Morgan fingerprint density at radius 2 is 1.88 bits per heavy atom. The summed E-state index contributed by atoms with van der Waals surface area (Å²) >= 11 is 0. The second-order valence-electron chi connectivity index (χ2n) is 7.67. The maximum absolute atomic E-state index is 12.5. The first-order valence-electron chi connectivity index (χ1n) is 9.71. The summed E-state index contributed by atoms with van der Waals surface area (Å²) in [5.41, 5.74) is 0.837. The highest BCUT2D eigenvalue weighted by molar-refractivity contribution is 5.32. The molecule has 0 unspecified atom stereocenters. The lowest BCUT2D eigenvalue weighted by molar-refractivity contribution is 0.140. The number of aryl methyl sites for hydroxylation is 1. The van der Waals surface area contributed by atoms with Crippen molar-refractivity contribution in [3.05, 3.63) is 46.6 Å². The molecule has 2 saturated heterocycles. The minimum absolute atomic E-state index is 0.0649. The van der Waals surface area contributed by atoms with Gasteiger partial charge in [0.25, 0.3) is 0 Å². The number of nitrogens with zero attached hydrogens (tertiary/aromatic N) is 4. The van der Waals surface area contributed by atoms with E-state index < -0.39 is 0 Å². The average Bonchev–Trinajstić information content (AvgIpc) is 3.26. The van der Waals surface area contributed by atoms with Crippen molar-refractivity contribution >= 4 is 0 Å². The molecule has 0 aliphatic carbocycles. The highest BCUT2D eigenvalue weighted by atomic mass is 16.5. The van der Waals surface area contributed by atoms with Crippen LogP contribution in [-0.2, 0) is 18.2 Å². The van der Waals surface area contributed by atoms with Crippen molar-refractivity contribution in [1.29, 1.82) is 0 Å². The highest BCUT2D eigenvalue weighted by Gasteiger charge is 2.25. The Morgan fingerprint density at radius 3 is 2.58 bits per heavy atom. The second kappa shape index (κ2) is 7.76. The average molecular weight is 356 g/mol. The molecule has 2 aliphatic rings. The first-order valence-corrected chi connectivity index (χ1v) is 9.71. The minimum atomic E-state index is -0.0649. The van der Waals surface area contributed by atoms with Gasteiger partial charge in [-0.1, -0.05) is 18.2 Å². The van der Waals surface area contributed by atoms with Crippen LogP contribution in [0.2, 0.25) is 0 Å². The molecule has 0 spiro atoms. The predicted molar refractivity (Wildman–Crippen MR) is 101 cm³/mol. The third kappa shape index (κ3) is 3.76. The lowest BCUT2D eigenvalue weighted by atomic mass is 9.92. The van der Waals surface area contributed by atoms with Crippen LogP contribution in [0.15, 0.2) is 35.1 Å². The summed E-state index contributed by atoms with van der Waals surface area (Å²) in [6.07, 6.45) is 4.42. The lowest BCUT2D eigenvalue weighted by Gasteiger charge is -2.33. The maximum atomic E-state index is 12.5. The molecule has 26 heavy (non-hydrogen) atoms. The minimum Gasteiger partial charge on any atom is -0.381 e. The van der Waals surface area contributed by atoms with Gasteiger partial charge in [0.1, 0.15) is 5.82 Å². The Bertz CT molecular complexity index is 769. The number of ether oxygens (including phenoxy) is 1. The largest absolute Gasteiger partial charge is 0.381 e. The van der Waals surface area contributed by atoms with Crippen molar-refractivity contribution in [3.63, 3.8) is 0 Å². The molecule has 2 fully saturated rings. The number of likely N-dealkylation sites (tertiary alicyclic amines) is 1. The number of rotatable bonds is 5. The Morgan fingerprint density at radius 1 is 1.12 bits per heavy atom. The molecule has 140 valence electrons. The van der Waals surface area contributed by atoms with Crippen LogP contribution in [0.3, 0.4) is 0 Å². The van der Waals surface area contributed by atoms with Crippen molar-refractivity contribution in [2.24, 2.45) is 18.9 Å². The van der Waals surface area contributed by atoms with Gasteiger partial charge in [-0.15, -0.1) is 0 Å². The molecule has 6 nitrogen and oxygen atoms in total. The van der Waals surface area contributed by atoms with Crippen LogP contribution in [0.25, 0.3) is 5.69 Å². The fourth-order valence-corrected chi connectivity index (χ4v) is 4.21. The topological polar surface area (TPSA) is 52.3 Å². The monoisotopic (exact) mass is 356 g/mol. The van der Waals surface area contributed by atoms with Gasteiger partial charge in [0.05, 0.1) is 12.3 Å². The first kappa shape index (κ1) is 17.5. The Balaban J connectivity index is 1.41. The zero-order valence-corrected chi connectivity index (χ0v) is 15.5. The molecule has 1 aromatic carbocycles. The standard InChI is InChI=1S/C20H28N4O2/c1-22-20(25)24(18-5-3-2-4-6-18)19(21-22)13-16-7-10-23(11-8-16)14-17-9-12-26-15-17/h2-6,16-17H,7-15H2,1H3/t17-/m1/s1. The maximum Gasteiger partial charge on any atom is 0.350 e. The molecular formula is C20H28N4O2. The van der Waals surface area contributed by atoms with Crippen LogP contribution < -0.4 is 5.69 Å². The number of aromatic nitrogens is 3. The quantitative estimate of drug-likeness (QED) is 0.821. The number of hydrogen-bond acceptors (Lipinski definition) is 4. The molecule has 0 N–H and O–H groups in total. The molecule has 2 aromatic rings. The van der Waals surface area contributed by atoms with Gasteiger partial charge in [0.2, 0.25) is 0 Å². The van der Waals surface area contributed by atoms with Gasteiger partial charge < -0.3 is 9.64 Å². The van der Waals surface area contributed by atoms with Crippen LogP contribution in [0, 0.1) is 11.8 Å². The van der Waals surface area contributed by atoms with Gasteiger partial charge in [0, 0.05) is 26.6 Å². The van der Waals surface area contributed by atoms with E-state index in [0.29, 0.717) is 11.8 Å². The van der Waals surface area contributed by atoms with Gasteiger partial charge in [0.15, 0.2) is 0 Å². The highest BCUT2D eigenvalue weighted by Crippen LogP contribution is 2.23. The fraction of sp³-hybridized carbons (Fsp3) is 0.600.